The van der Waals surface area contributed by atoms with Crippen molar-refractivity contribution >= 4 is 24.1 Å². The second-order valence-corrected chi connectivity index (χ2v) is 8.45. The Kier molecular flexibility index (Phi) is 8.06. The van der Waals surface area contributed by atoms with Crippen molar-refractivity contribution in [2.45, 2.75) is 25.7 Å². The zero-order chi connectivity index (χ0) is 20.1. The summed E-state index contributed by atoms with van der Waals surface area (Å²) in [7, 11) is 0. The summed E-state index contributed by atoms with van der Waals surface area (Å²) in [6.45, 7) is 4.42. The van der Waals surface area contributed by atoms with Gasteiger partial charge in [0, 0.05) is 37.5 Å². The van der Waals surface area contributed by atoms with E-state index in [1.165, 1.54) is 24.8 Å². The number of ketones is 1. The Morgan fingerprint density at radius 2 is 1.53 bits per heavy atom. The molecule has 0 N–H and O–H groups in total. The van der Waals surface area contributed by atoms with E-state index in [2.05, 4.69) is 35.2 Å². The van der Waals surface area contributed by atoms with Crippen LogP contribution < -0.4 is 0 Å². The summed E-state index contributed by atoms with van der Waals surface area (Å²) in [5, 5.41) is 0. The van der Waals surface area contributed by atoms with Crippen LogP contribution in [-0.2, 0) is 11.2 Å². The Bertz CT molecular complexity index is 820. The minimum atomic E-state index is -0.193. The number of carbonyl (C=O) groups is 2. The van der Waals surface area contributed by atoms with Crippen LogP contribution in [0, 0.1) is 11.8 Å². The average molecular weight is 427 g/mol. The van der Waals surface area contributed by atoms with Gasteiger partial charge in [0.05, 0.1) is 0 Å². The van der Waals surface area contributed by atoms with E-state index in [-0.39, 0.29) is 30.0 Å². The minimum Gasteiger partial charge on any atom is -0.341 e. The summed E-state index contributed by atoms with van der Waals surface area (Å²) in [6, 6.07) is 20.1. The van der Waals surface area contributed by atoms with E-state index in [9.17, 15) is 9.59 Å². The summed E-state index contributed by atoms with van der Waals surface area (Å²) in [5.74, 6) is 0.790. The third-order valence-electron chi connectivity index (χ3n) is 6.40. The van der Waals surface area contributed by atoms with E-state index in [0.29, 0.717) is 18.5 Å². The first-order chi connectivity index (χ1) is 14.2. The Hall–Kier alpha value is -2.17. The normalized spacial score (nSPS) is 20.2. The van der Waals surface area contributed by atoms with Gasteiger partial charge in [0.15, 0.2) is 5.78 Å². The van der Waals surface area contributed by atoms with Crippen LogP contribution >= 0.6 is 12.4 Å². The first kappa shape index (κ1) is 22.5. The summed E-state index contributed by atoms with van der Waals surface area (Å²) < 4.78 is 0. The molecule has 4 nitrogen and oxygen atoms in total. The maximum atomic E-state index is 12.6. The highest BCUT2D eigenvalue weighted by Crippen LogP contribution is 2.24. The van der Waals surface area contributed by atoms with Crippen molar-refractivity contribution in [3.63, 3.8) is 0 Å². The minimum absolute atomic E-state index is 0. The number of Topliss-reactive ketones (excluding diaryl/α,β-unsaturated/α-hetero) is 1. The number of likely N-dealkylation sites (tertiary alicyclic amines) is 2. The number of hydrogen-bond donors (Lipinski definition) is 0. The van der Waals surface area contributed by atoms with Crippen LogP contribution in [0.5, 0.6) is 0 Å². The van der Waals surface area contributed by atoms with E-state index < -0.39 is 0 Å². The molecule has 1 amide bonds. The predicted molar refractivity (Wildman–Crippen MR) is 122 cm³/mol. The van der Waals surface area contributed by atoms with Gasteiger partial charge in [0.1, 0.15) is 0 Å². The van der Waals surface area contributed by atoms with Crippen molar-refractivity contribution in [3.05, 3.63) is 71.8 Å². The number of piperidine rings is 1. The molecule has 2 saturated heterocycles. The summed E-state index contributed by atoms with van der Waals surface area (Å²) in [5.41, 5.74) is 2.15. The molecule has 2 aliphatic rings. The molecule has 0 radical (unpaired) electrons. The van der Waals surface area contributed by atoms with E-state index >= 15 is 0 Å². The maximum absolute atomic E-state index is 12.6. The van der Waals surface area contributed by atoms with Gasteiger partial charge in [-0.15, -0.1) is 12.4 Å². The van der Waals surface area contributed by atoms with Crippen molar-refractivity contribution in [1.82, 2.24) is 9.80 Å². The highest BCUT2D eigenvalue weighted by Gasteiger charge is 2.34. The molecule has 1 unspecified atom stereocenters. The maximum Gasteiger partial charge on any atom is 0.223 e. The van der Waals surface area contributed by atoms with Crippen LogP contribution in [0.15, 0.2) is 60.7 Å². The number of carbonyl (C=O) groups excluding carboxylic acids is 2. The fraction of sp³-hybridized carbons (Fsp3) is 0.440. The van der Waals surface area contributed by atoms with Gasteiger partial charge in [0.25, 0.3) is 0 Å². The second kappa shape index (κ2) is 10.7. The number of nitrogens with zero attached hydrogens (tertiary/aromatic N) is 2. The SMILES string of the molecule is Cl.O=C(c1ccccc1)C1CC(=O)N(CCN2CCC(Cc3ccccc3)CC2)C1. The lowest BCUT2D eigenvalue weighted by Crippen LogP contribution is -2.40. The number of amides is 1. The van der Waals surface area contributed by atoms with Crippen molar-refractivity contribution < 1.29 is 9.59 Å². The van der Waals surface area contributed by atoms with Crippen LogP contribution in [-0.4, -0.2) is 54.2 Å². The van der Waals surface area contributed by atoms with Gasteiger partial charge in [0.2, 0.25) is 5.91 Å². The van der Waals surface area contributed by atoms with Crippen molar-refractivity contribution in [2.75, 3.05) is 32.7 Å². The fourth-order valence-corrected chi connectivity index (χ4v) is 4.63. The Labute approximate surface area is 185 Å². The molecule has 5 heteroatoms. The number of halogens is 1. The average Bonchev–Trinajstić information content (AvgIpc) is 3.14. The largest absolute Gasteiger partial charge is 0.341 e. The summed E-state index contributed by atoms with van der Waals surface area (Å²) in [4.78, 5) is 29.4. The number of hydrogen-bond acceptors (Lipinski definition) is 3. The lowest BCUT2D eigenvalue weighted by molar-refractivity contribution is -0.127. The quantitative estimate of drug-likeness (QED) is 0.626. The lowest BCUT2D eigenvalue weighted by atomic mass is 9.90. The Morgan fingerprint density at radius 1 is 0.900 bits per heavy atom. The highest BCUT2D eigenvalue weighted by atomic mass is 35.5. The predicted octanol–water partition coefficient (Wildman–Crippen LogP) is 4.09. The monoisotopic (exact) mass is 426 g/mol. The van der Waals surface area contributed by atoms with Crippen LogP contribution in [0.4, 0.5) is 0 Å². The Balaban J connectivity index is 0.00000256. The molecule has 2 aliphatic heterocycles. The molecule has 30 heavy (non-hydrogen) atoms. The zero-order valence-corrected chi connectivity index (χ0v) is 18.2. The lowest BCUT2D eigenvalue weighted by Gasteiger charge is -2.33. The van der Waals surface area contributed by atoms with Gasteiger partial charge < -0.3 is 9.80 Å². The molecular weight excluding hydrogens is 396 g/mol. The molecular formula is C25H31ClN2O2. The third-order valence-corrected chi connectivity index (χ3v) is 6.40. The molecule has 2 heterocycles. The van der Waals surface area contributed by atoms with Gasteiger partial charge in [-0.1, -0.05) is 60.7 Å². The molecule has 0 aromatic heterocycles. The standard InChI is InChI=1S/C25H30N2O2.ClH/c28-24-18-23(25(29)22-9-5-2-6-10-22)19-27(24)16-15-26-13-11-21(12-14-26)17-20-7-3-1-4-8-20;/h1-10,21,23H,11-19H2;1H. The van der Waals surface area contributed by atoms with Crippen molar-refractivity contribution in [2.24, 2.45) is 11.8 Å². The first-order valence-electron chi connectivity index (χ1n) is 10.8. The summed E-state index contributed by atoms with van der Waals surface area (Å²) >= 11 is 0. The van der Waals surface area contributed by atoms with Gasteiger partial charge in [-0.25, -0.2) is 0 Å². The van der Waals surface area contributed by atoms with E-state index in [0.717, 1.165) is 32.1 Å². The molecule has 160 valence electrons. The molecule has 0 aliphatic carbocycles. The smallest absolute Gasteiger partial charge is 0.223 e. The first-order valence-corrected chi connectivity index (χ1v) is 10.8. The molecule has 2 fully saturated rings. The van der Waals surface area contributed by atoms with Crippen molar-refractivity contribution in [3.8, 4) is 0 Å². The van der Waals surface area contributed by atoms with E-state index in [1.807, 2.05) is 35.2 Å². The third kappa shape index (κ3) is 5.71. The zero-order valence-electron chi connectivity index (χ0n) is 17.4. The molecule has 2 aromatic rings. The highest BCUT2D eigenvalue weighted by molar-refractivity contribution is 6.01. The van der Waals surface area contributed by atoms with Gasteiger partial charge in [-0.05, 0) is 43.8 Å². The van der Waals surface area contributed by atoms with Gasteiger partial charge >= 0.3 is 0 Å². The molecule has 0 spiro atoms. The van der Waals surface area contributed by atoms with Crippen LogP contribution in [0.2, 0.25) is 0 Å². The van der Waals surface area contributed by atoms with Crippen LogP contribution in [0.3, 0.4) is 0 Å². The second-order valence-electron chi connectivity index (χ2n) is 8.45. The van der Waals surface area contributed by atoms with Gasteiger partial charge in [-0.2, -0.15) is 0 Å². The molecule has 4 rings (SSSR count). The van der Waals surface area contributed by atoms with Gasteiger partial charge in [-0.3, -0.25) is 9.59 Å². The van der Waals surface area contributed by atoms with E-state index in [1.54, 1.807) is 0 Å². The fourth-order valence-electron chi connectivity index (χ4n) is 4.63. The molecule has 1 atom stereocenters. The Morgan fingerprint density at radius 3 is 2.20 bits per heavy atom. The topological polar surface area (TPSA) is 40.6 Å². The number of benzene rings is 2. The van der Waals surface area contributed by atoms with Crippen molar-refractivity contribution in [1.29, 1.82) is 0 Å². The van der Waals surface area contributed by atoms with Crippen LogP contribution in [0.1, 0.15) is 35.2 Å². The molecule has 0 saturated carbocycles. The molecule has 0 bridgehead atoms. The van der Waals surface area contributed by atoms with Crippen LogP contribution in [0.25, 0.3) is 0 Å². The molecule has 2 aromatic carbocycles. The number of rotatable bonds is 7. The summed E-state index contributed by atoms with van der Waals surface area (Å²) in [6.07, 6.45) is 3.96. The van der Waals surface area contributed by atoms with E-state index in [4.69, 9.17) is 0 Å².